The molecule has 1 N–H and O–H groups in total. The first-order valence-electron chi connectivity index (χ1n) is 6.59. The number of nitrogens with one attached hydrogen (secondary N) is 1. The summed E-state index contributed by atoms with van der Waals surface area (Å²) >= 11 is 0. The van der Waals surface area contributed by atoms with Gasteiger partial charge < -0.3 is 19.3 Å². The maximum Gasteiger partial charge on any atom is 0.357 e. The molecular weight excluding hydrogens is 275 g/mol. The van der Waals surface area contributed by atoms with Crippen LogP contribution >= 0.6 is 7.60 Å². The normalized spacial score (nSPS) is 12.3. The van der Waals surface area contributed by atoms with E-state index in [4.69, 9.17) is 9.05 Å². The van der Waals surface area contributed by atoms with Crippen molar-refractivity contribution >= 4 is 13.3 Å². The Morgan fingerprint density at radius 2 is 1.75 bits per heavy atom. The van der Waals surface area contributed by atoms with Crippen molar-refractivity contribution in [2.45, 2.75) is 13.8 Å². The van der Waals surface area contributed by atoms with Gasteiger partial charge in [0.15, 0.2) is 0 Å². The lowest BCUT2D eigenvalue weighted by atomic mass is 10.3. The van der Waals surface area contributed by atoms with Crippen molar-refractivity contribution in [2.24, 2.45) is 0 Å². The summed E-state index contributed by atoms with van der Waals surface area (Å²) < 4.78 is 22.3. The van der Waals surface area contributed by atoms with Gasteiger partial charge in [-0.05, 0) is 26.0 Å². The lowest BCUT2D eigenvalue weighted by molar-refractivity contribution is 0.284. The summed E-state index contributed by atoms with van der Waals surface area (Å²) in [6.45, 7) is 5.65. The van der Waals surface area contributed by atoms with Gasteiger partial charge in [-0.15, -0.1) is 0 Å². The molecule has 0 amide bonds. The van der Waals surface area contributed by atoms with Crippen LogP contribution in [0.15, 0.2) is 42.0 Å². The summed E-state index contributed by atoms with van der Waals surface area (Å²) in [7, 11) is -0.464. The molecule has 0 bridgehead atoms. The molecular formula is C14H23N2O3P. The van der Waals surface area contributed by atoms with E-state index in [0.29, 0.717) is 5.82 Å². The van der Waals surface area contributed by atoms with E-state index < -0.39 is 7.60 Å². The van der Waals surface area contributed by atoms with E-state index in [1.54, 1.807) is 0 Å². The number of anilines is 1. The second-order valence-corrected chi connectivity index (χ2v) is 6.15. The Hall–Kier alpha value is -1.29. The van der Waals surface area contributed by atoms with Crippen LogP contribution in [0.2, 0.25) is 0 Å². The van der Waals surface area contributed by atoms with E-state index in [-0.39, 0.29) is 0 Å². The molecule has 6 heteroatoms. The van der Waals surface area contributed by atoms with E-state index in [1.165, 1.54) is 20.0 Å². The topological polar surface area (TPSA) is 50.8 Å². The van der Waals surface area contributed by atoms with E-state index >= 15 is 0 Å². The van der Waals surface area contributed by atoms with Crippen LogP contribution in [-0.2, 0) is 13.6 Å². The highest BCUT2D eigenvalue weighted by Crippen LogP contribution is 2.49. The summed E-state index contributed by atoms with van der Waals surface area (Å²) in [6.07, 6.45) is 0. The molecule has 0 aromatic heterocycles. The molecule has 0 atom stereocenters. The van der Waals surface area contributed by atoms with Crippen molar-refractivity contribution in [3.05, 3.63) is 42.0 Å². The van der Waals surface area contributed by atoms with Gasteiger partial charge in [-0.1, -0.05) is 18.2 Å². The van der Waals surface area contributed by atoms with Crippen molar-refractivity contribution < 1.29 is 13.6 Å². The van der Waals surface area contributed by atoms with Crippen LogP contribution in [0.25, 0.3) is 0 Å². The zero-order valence-electron chi connectivity index (χ0n) is 12.5. The SMILES string of the molecule is CCN(CC)C(=CP(=O)(OC)OC)Nc1ccccc1. The van der Waals surface area contributed by atoms with Crippen LogP contribution in [0.1, 0.15) is 13.8 Å². The first-order chi connectivity index (χ1) is 9.58. The second-order valence-electron chi connectivity index (χ2n) is 4.08. The molecule has 0 aliphatic heterocycles. The number of hydrogen-bond acceptors (Lipinski definition) is 5. The number of nitrogens with zero attached hydrogens (tertiary/aromatic N) is 1. The molecule has 0 unspecified atom stereocenters. The third-order valence-corrected chi connectivity index (χ3v) is 4.52. The fraction of sp³-hybridized carbons (Fsp3) is 0.429. The molecule has 0 spiro atoms. The molecule has 0 aliphatic carbocycles. The smallest absolute Gasteiger partial charge is 0.357 e. The highest BCUT2D eigenvalue weighted by molar-refractivity contribution is 7.57. The Kier molecular flexibility index (Phi) is 6.79. The van der Waals surface area contributed by atoms with Gasteiger partial charge in [-0.2, -0.15) is 0 Å². The van der Waals surface area contributed by atoms with Crippen molar-refractivity contribution in [3.8, 4) is 0 Å². The van der Waals surface area contributed by atoms with Crippen LogP contribution in [0.3, 0.4) is 0 Å². The first kappa shape index (κ1) is 16.8. The molecule has 0 heterocycles. The zero-order chi connectivity index (χ0) is 15.0. The van der Waals surface area contributed by atoms with Gasteiger partial charge in [0.1, 0.15) is 5.82 Å². The van der Waals surface area contributed by atoms with Gasteiger partial charge in [0.05, 0.1) is 5.82 Å². The zero-order valence-corrected chi connectivity index (χ0v) is 13.4. The lowest BCUT2D eigenvalue weighted by Gasteiger charge is -2.26. The van der Waals surface area contributed by atoms with Gasteiger partial charge in [-0.3, -0.25) is 4.57 Å². The Morgan fingerprint density at radius 1 is 1.20 bits per heavy atom. The molecule has 5 nitrogen and oxygen atoms in total. The molecule has 1 aromatic carbocycles. The average molecular weight is 298 g/mol. The largest absolute Gasteiger partial charge is 0.358 e. The Bertz CT molecular complexity index is 465. The summed E-state index contributed by atoms with van der Waals surface area (Å²) in [4.78, 5) is 2.05. The highest BCUT2D eigenvalue weighted by atomic mass is 31.2. The van der Waals surface area contributed by atoms with E-state index in [2.05, 4.69) is 10.2 Å². The van der Waals surface area contributed by atoms with E-state index in [9.17, 15) is 4.57 Å². The quantitative estimate of drug-likeness (QED) is 0.741. The minimum absolute atomic E-state index is 0.716. The van der Waals surface area contributed by atoms with Crippen LogP contribution in [0, 0.1) is 0 Å². The van der Waals surface area contributed by atoms with E-state index in [1.807, 2.05) is 44.2 Å². The summed E-state index contributed by atoms with van der Waals surface area (Å²) in [5.41, 5.74) is 0.921. The number of rotatable bonds is 8. The monoisotopic (exact) mass is 298 g/mol. The van der Waals surface area contributed by atoms with Crippen molar-refractivity contribution in [2.75, 3.05) is 32.6 Å². The molecule has 0 saturated heterocycles. The number of hydrogen-bond donors (Lipinski definition) is 1. The van der Waals surface area contributed by atoms with Crippen LogP contribution in [0.4, 0.5) is 5.69 Å². The van der Waals surface area contributed by atoms with Gasteiger partial charge in [0.25, 0.3) is 0 Å². The highest BCUT2D eigenvalue weighted by Gasteiger charge is 2.21. The van der Waals surface area contributed by atoms with Crippen LogP contribution in [0.5, 0.6) is 0 Å². The predicted molar refractivity (Wildman–Crippen MR) is 82.7 cm³/mol. The number of benzene rings is 1. The van der Waals surface area contributed by atoms with Crippen molar-refractivity contribution in [1.82, 2.24) is 4.90 Å². The fourth-order valence-corrected chi connectivity index (χ4v) is 2.64. The maximum absolute atomic E-state index is 12.3. The van der Waals surface area contributed by atoms with Gasteiger partial charge in [0, 0.05) is 33.0 Å². The summed E-state index contributed by atoms with van der Waals surface area (Å²) in [5, 5.41) is 3.26. The van der Waals surface area contributed by atoms with Crippen molar-refractivity contribution in [3.63, 3.8) is 0 Å². The third-order valence-electron chi connectivity index (χ3n) is 2.94. The number of para-hydroxylation sites is 1. The standard InChI is InChI=1S/C14H23N2O3P/c1-5-16(6-2)14(12-20(17,18-3)19-4)15-13-10-8-7-9-11-13/h7-12,15H,5-6H2,1-4H3. The molecule has 20 heavy (non-hydrogen) atoms. The van der Waals surface area contributed by atoms with Gasteiger partial charge >= 0.3 is 7.60 Å². The third kappa shape index (κ3) is 4.67. The van der Waals surface area contributed by atoms with E-state index in [0.717, 1.165) is 18.8 Å². The molecule has 0 saturated carbocycles. The Labute approximate surface area is 121 Å². The van der Waals surface area contributed by atoms with Crippen molar-refractivity contribution in [1.29, 1.82) is 0 Å². The van der Waals surface area contributed by atoms with Gasteiger partial charge in [-0.25, -0.2) is 0 Å². The van der Waals surface area contributed by atoms with Crippen LogP contribution in [-0.4, -0.2) is 32.2 Å². The van der Waals surface area contributed by atoms with Gasteiger partial charge in [0.2, 0.25) is 0 Å². The predicted octanol–water partition coefficient (Wildman–Crippen LogP) is 3.73. The first-order valence-corrected chi connectivity index (χ1v) is 8.20. The summed E-state index contributed by atoms with van der Waals surface area (Å²) in [5.74, 6) is 2.24. The minimum atomic E-state index is -3.22. The molecule has 0 radical (unpaired) electrons. The molecule has 0 fully saturated rings. The Morgan fingerprint density at radius 3 is 2.20 bits per heavy atom. The summed E-state index contributed by atoms with van der Waals surface area (Å²) in [6, 6.07) is 9.72. The molecule has 1 aromatic rings. The minimum Gasteiger partial charge on any atom is -0.358 e. The lowest BCUT2D eigenvalue weighted by Crippen LogP contribution is -2.27. The molecule has 0 aliphatic rings. The van der Waals surface area contributed by atoms with Crippen LogP contribution < -0.4 is 5.32 Å². The Balaban J connectivity index is 3.08. The second kappa shape index (κ2) is 8.10. The average Bonchev–Trinajstić information content (AvgIpc) is 2.49. The fourth-order valence-electron chi connectivity index (χ4n) is 1.76. The molecule has 1 rings (SSSR count). The molecule has 112 valence electrons. The maximum atomic E-state index is 12.3.